The molecule has 0 unspecified atom stereocenters. The fourth-order valence-electron chi connectivity index (χ4n) is 3.65. The van der Waals surface area contributed by atoms with Crippen LogP contribution in [0.2, 0.25) is 0 Å². The molecule has 1 aliphatic heterocycles. The molecule has 3 heterocycles. The Kier molecular flexibility index (Phi) is 6.28. The van der Waals surface area contributed by atoms with Crippen LogP contribution in [0.3, 0.4) is 0 Å². The highest BCUT2D eigenvalue weighted by Gasteiger charge is 2.24. The Balaban J connectivity index is 1.69. The van der Waals surface area contributed by atoms with Gasteiger partial charge in [-0.1, -0.05) is 0 Å². The number of hydrogen-bond acceptors (Lipinski definition) is 6. The number of ether oxygens (including phenoxy) is 1. The molecule has 0 aromatic carbocycles. The van der Waals surface area contributed by atoms with Crippen molar-refractivity contribution in [1.82, 2.24) is 24.9 Å². The van der Waals surface area contributed by atoms with Gasteiger partial charge in [-0.2, -0.15) is 10.2 Å². The second-order valence-corrected chi connectivity index (χ2v) is 7.35. The Morgan fingerprint density at radius 2 is 2.22 bits per heavy atom. The van der Waals surface area contributed by atoms with E-state index in [1.807, 2.05) is 18.9 Å². The minimum Gasteiger partial charge on any atom is -0.383 e. The molecule has 8 nitrogen and oxygen atoms in total. The summed E-state index contributed by atoms with van der Waals surface area (Å²) in [5, 5.41) is 11.8. The average Bonchev–Trinajstić information content (AvgIpc) is 2.98. The van der Waals surface area contributed by atoms with Gasteiger partial charge in [0.05, 0.1) is 30.2 Å². The molecule has 0 amide bonds. The second kappa shape index (κ2) is 8.67. The van der Waals surface area contributed by atoms with Crippen LogP contribution in [0.1, 0.15) is 35.8 Å². The Hall–Kier alpha value is -2.19. The molecular weight excluding hydrogens is 344 g/mol. The third kappa shape index (κ3) is 4.56. The summed E-state index contributed by atoms with van der Waals surface area (Å²) in [5.41, 5.74) is 4.21. The molecule has 27 heavy (non-hydrogen) atoms. The van der Waals surface area contributed by atoms with Crippen molar-refractivity contribution in [1.29, 1.82) is 0 Å². The monoisotopic (exact) mass is 374 g/mol. The van der Waals surface area contributed by atoms with Crippen molar-refractivity contribution in [3.8, 4) is 0 Å². The number of H-pyrrole nitrogens is 1. The van der Waals surface area contributed by atoms with Gasteiger partial charge in [-0.15, -0.1) is 0 Å². The number of aromatic amines is 1. The van der Waals surface area contributed by atoms with Gasteiger partial charge in [0.1, 0.15) is 0 Å². The lowest BCUT2D eigenvalue weighted by atomic mass is 10.0. The zero-order chi connectivity index (χ0) is 19.4. The number of aromatic nitrogens is 4. The summed E-state index contributed by atoms with van der Waals surface area (Å²) in [7, 11) is 3.61. The molecule has 3 rings (SSSR count). The summed E-state index contributed by atoms with van der Waals surface area (Å²) in [5.74, 6) is 0. The maximum absolute atomic E-state index is 12.7. The standard InChI is InChI=1S/C19H30N6O2/c1-14-18(15(2)22-21-14)13-24-7-5-6-16(12-24)25-19(26)10-17(11-20-25)23(3)8-9-27-4/h10-11,16H,5-9,12-13H2,1-4H3,(H,21,22)/t16-/m0/s1. The Labute approximate surface area is 160 Å². The maximum atomic E-state index is 12.7. The van der Waals surface area contributed by atoms with E-state index in [1.165, 1.54) is 5.56 Å². The highest BCUT2D eigenvalue weighted by atomic mass is 16.5. The number of anilines is 1. The number of nitrogens with zero attached hydrogens (tertiary/aromatic N) is 5. The van der Waals surface area contributed by atoms with Gasteiger partial charge in [-0.05, 0) is 33.2 Å². The fourth-order valence-corrected chi connectivity index (χ4v) is 3.65. The molecule has 1 aliphatic rings. The number of likely N-dealkylation sites (N-methyl/N-ethyl adjacent to an activating group) is 1. The highest BCUT2D eigenvalue weighted by Crippen LogP contribution is 2.23. The van der Waals surface area contributed by atoms with Crippen molar-refractivity contribution in [3.05, 3.63) is 39.6 Å². The molecule has 0 aliphatic carbocycles. The summed E-state index contributed by atoms with van der Waals surface area (Å²) in [6, 6.07) is 1.78. The van der Waals surface area contributed by atoms with Crippen molar-refractivity contribution in [2.75, 3.05) is 45.3 Å². The molecule has 0 radical (unpaired) electrons. The first-order chi connectivity index (χ1) is 13.0. The summed E-state index contributed by atoms with van der Waals surface area (Å²) in [6.07, 6.45) is 3.82. The Morgan fingerprint density at radius 1 is 1.41 bits per heavy atom. The van der Waals surface area contributed by atoms with Crippen LogP contribution in [0, 0.1) is 13.8 Å². The van der Waals surface area contributed by atoms with E-state index in [9.17, 15) is 4.79 Å². The number of piperidine rings is 1. The zero-order valence-electron chi connectivity index (χ0n) is 16.7. The number of methoxy groups -OCH3 is 1. The average molecular weight is 374 g/mol. The van der Waals surface area contributed by atoms with Crippen LogP contribution in [-0.4, -0.2) is 65.3 Å². The topological polar surface area (TPSA) is 79.3 Å². The highest BCUT2D eigenvalue weighted by molar-refractivity contribution is 5.41. The molecule has 0 bridgehead atoms. The van der Waals surface area contributed by atoms with Gasteiger partial charge < -0.3 is 9.64 Å². The molecule has 1 atom stereocenters. The molecule has 1 N–H and O–H groups in total. The van der Waals surface area contributed by atoms with Crippen LogP contribution in [0.5, 0.6) is 0 Å². The number of rotatable bonds is 7. The SMILES string of the molecule is COCCN(C)c1cnn([C@H]2CCCN(Cc3c(C)n[nH]c3C)C2)c(=O)c1. The van der Waals surface area contributed by atoms with Gasteiger partial charge in [0.25, 0.3) is 5.56 Å². The van der Waals surface area contributed by atoms with E-state index >= 15 is 0 Å². The molecule has 2 aromatic rings. The molecule has 148 valence electrons. The van der Waals surface area contributed by atoms with Crippen molar-refractivity contribution in [2.45, 2.75) is 39.3 Å². The third-order valence-corrected chi connectivity index (χ3v) is 5.37. The number of likely N-dealkylation sites (tertiary alicyclic amines) is 1. The largest absolute Gasteiger partial charge is 0.383 e. The Morgan fingerprint density at radius 3 is 2.89 bits per heavy atom. The van der Waals surface area contributed by atoms with Crippen molar-refractivity contribution < 1.29 is 4.74 Å². The van der Waals surface area contributed by atoms with Gasteiger partial charge in [0.15, 0.2) is 0 Å². The van der Waals surface area contributed by atoms with E-state index in [-0.39, 0.29) is 11.6 Å². The van der Waals surface area contributed by atoms with Crippen LogP contribution in [0.25, 0.3) is 0 Å². The van der Waals surface area contributed by atoms with E-state index < -0.39 is 0 Å². The first kappa shape index (κ1) is 19.6. The summed E-state index contributed by atoms with van der Waals surface area (Å²) < 4.78 is 6.74. The second-order valence-electron chi connectivity index (χ2n) is 7.35. The molecule has 8 heteroatoms. The summed E-state index contributed by atoms with van der Waals surface area (Å²) in [4.78, 5) is 17.0. The number of hydrogen-bond donors (Lipinski definition) is 1. The van der Waals surface area contributed by atoms with Crippen molar-refractivity contribution in [3.63, 3.8) is 0 Å². The van der Waals surface area contributed by atoms with E-state index in [4.69, 9.17) is 4.74 Å². The normalized spacial score (nSPS) is 18.0. The molecule has 0 spiro atoms. The van der Waals surface area contributed by atoms with Crippen LogP contribution in [-0.2, 0) is 11.3 Å². The third-order valence-electron chi connectivity index (χ3n) is 5.37. The van der Waals surface area contributed by atoms with Crippen molar-refractivity contribution >= 4 is 5.69 Å². The van der Waals surface area contributed by atoms with Gasteiger partial charge in [-0.25, -0.2) is 4.68 Å². The predicted octanol–water partition coefficient (Wildman–Crippen LogP) is 1.50. The molecule has 2 aromatic heterocycles. The quantitative estimate of drug-likeness (QED) is 0.791. The Bertz CT molecular complexity index is 795. The van der Waals surface area contributed by atoms with Crippen LogP contribution in [0.4, 0.5) is 5.69 Å². The maximum Gasteiger partial charge on any atom is 0.269 e. The van der Waals surface area contributed by atoms with E-state index in [0.29, 0.717) is 6.61 Å². The van der Waals surface area contributed by atoms with Gasteiger partial charge in [-0.3, -0.25) is 14.8 Å². The minimum atomic E-state index is -0.0423. The summed E-state index contributed by atoms with van der Waals surface area (Å²) in [6.45, 7) is 8.15. The van der Waals surface area contributed by atoms with Crippen LogP contribution < -0.4 is 10.5 Å². The van der Waals surface area contributed by atoms with Gasteiger partial charge in [0.2, 0.25) is 0 Å². The number of aryl methyl sites for hydroxylation is 2. The van der Waals surface area contributed by atoms with Crippen LogP contribution in [0.15, 0.2) is 17.1 Å². The molecule has 1 saturated heterocycles. The molecular formula is C19H30N6O2. The lowest BCUT2D eigenvalue weighted by Gasteiger charge is -2.33. The predicted molar refractivity (Wildman–Crippen MR) is 105 cm³/mol. The van der Waals surface area contributed by atoms with E-state index in [1.54, 1.807) is 24.1 Å². The molecule has 1 fully saturated rings. The first-order valence-electron chi connectivity index (χ1n) is 9.51. The zero-order valence-corrected chi connectivity index (χ0v) is 16.7. The fraction of sp³-hybridized carbons (Fsp3) is 0.632. The van der Waals surface area contributed by atoms with E-state index in [2.05, 4.69) is 27.1 Å². The van der Waals surface area contributed by atoms with E-state index in [0.717, 1.165) is 56.1 Å². The van der Waals surface area contributed by atoms with Crippen LogP contribution >= 0.6 is 0 Å². The number of nitrogens with one attached hydrogen (secondary N) is 1. The lowest BCUT2D eigenvalue weighted by Crippen LogP contribution is -2.40. The lowest BCUT2D eigenvalue weighted by molar-refractivity contribution is 0.159. The van der Waals surface area contributed by atoms with Crippen molar-refractivity contribution in [2.24, 2.45) is 0 Å². The van der Waals surface area contributed by atoms with Gasteiger partial charge >= 0.3 is 0 Å². The summed E-state index contributed by atoms with van der Waals surface area (Å²) >= 11 is 0. The minimum absolute atomic E-state index is 0.0423. The smallest absolute Gasteiger partial charge is 0.269 e. The molecule has 0 saturated carbocycles. The first-order valence-corrected chi connectivity index (χ1v) is 9.51. The van der Waals surface area contributed by atoms with Gasteiger partial charge in [0, 0.05) is 51.1 Å².